The van der Waals surface area contributed by atoms with Crippen molar-refractivity contribution in [2.75, 3.05) is 0 Å². The molecule has 3 aliphatic carbocycles. The maximum atomic E-state index is 5.27. The number of aromatic nitrogens is 14. The molecule has 0 aliphatic heterocycles. The molecule has 0 fully saturated rings. The zero-order valence-electron chi connectivity index (χ0n) is 76.7. The van der Waals surface area contributed by atoms with Crippen molar-refractivity contribution in [3.8, 4) is 153 Å². The first-order valence-electron chi connectivity index (χ1n) is 46.9. The van der Waals surface area contributed by atoms with Crippen LogP contribution >= 0.6 is 0 Å². The molecule has 0 radical (unpaired) electrons. The number of pyridine rings is 3. The molecule has 0 spiro atoms. The Kier molecular flexibility index (Phi) is 19.6. The van der Waals surface area contributed by atoms with E-state index in [1.165, 1.54) is 82.9 Å². The van der Waals surface area contributed by atoms with Crippen molar-refractivity contribution in [2.45, 2.75) is 57.8 Å². The van der Waals surface area contributed by atoms with Crippen molar-refractivity contribution in [1.29, 1.82) is 0 Å². The van der Waals surface area contributed by atoms with Crippen molar-refractivity contribution >= 4 is 65.5 Å². The van der Waals surface area contributed by atoms with Crippen molar-refractivity contribution in [2.24, 2.45) is 0 Å². The van der Waals surface area contributed by atoms with E-state index >= 15 is 0 Å². The van der Waals surface area contributed by atoms with Gasteiger partial charge < -0.3 is 9.13 Å². The van der Waals surface area contributed by atoms with Crippen LogP contribution in [0.15, 0.2) is 425 Å². The molecule has 0 atom stereocenters. The van der Waals surface area contributed by atoms with E-state index in [0.29, 0.717) is 34.9 Å². The summed E-state index contributed by atoms with van der Waals surface area (Å²) in [5.74, 6) is 4.69. The number of hydrogen-bond acceptors (Lipinski definition) is 11. The van der Waals surface area contributed by atoms with Gasteiger partial charge in [0.25, 0.3) is 0 Å². The molecule has 3 aliphatic rings. The lowest BCUT2D eigenvalue weighted by molar-refractivity contribution is 0.660. The number of para-hydroxylation sites is 3. The Balaban J connectivity index is 0.000000110. The van der Waals surface area contributed by atoms with Crippen LogP contribution in [0, 0.1) is 0 Å². The summed E-state index contributed by atoms with van der Waals surface area (Å²) < 4.78 is 6.82. The second kappa shape index (κ2) is 32.9. The lowest BCUT2D eigenvalue weighted by Crippen LogP contribution is -2.17. The summed E-state index contributed by atoms with van der Waals surface area (Å²) in [6.45, 7) is 13.8. The van der Waals surface area contributed by atoms with Crippen LogP contribution in [0.3, 0.4) is 0 Å². The zero-order valence-corrected chi connectivity index (χ0v) is 76.7. The van der Waals surface area contributed by atoms with E-state index in [4.69, 9.17) is 44.9 Å². The lowest BCUT2D eigenvalue weighted by Gasteiger charge is -2.24. The summed E-state index contributed by atoms with van der Waals surface area (Å²) in [5, 5.41) is 6.99. The molecule has 0 N–H and O–H groups in total. The van der Waals surface area contributed by atoms with Crippen LogP contribution in [0.25, 0.3) is 218 Å². The fourth-order valence-electron chi connectivity index (χ4n) is 21.7. The molecule has 0 saturated heterocycles. The molecule has 0 unspecified atom stereocenters. The maximum Gasteiger partial charge on any atom is 0.164 e. The first kappa shape index (κ1) is 82.2. The average molecular weight is 1770 g/mol. The molecule has 9 aromatic heterocycles. The SMILES string of the molecule is CC1(C)c2ccccc2-c2c(-c3nc(-c4ccccc4)nc(-c4ccc(-n5c6ccccc6c6cccnc65)cc4)n3)cccc21.CC1(C)c2ccccc2-c2cccc(-c3nc(-c4ccccc4)cc(-c4ccc(-n5c6ccccc6c6cnccc65)cc4)n3)c21.CC1(C)c2ccccc2-c2cccc(-c3nc(-c4ccccc4)nc(-c4ccc(-n5c6ccccc6c6cnccc65)cc4)n3)c21. The highest BCUT2D eigenvalue weighted by Gasteiger charge is 2.41. The van der Waals surface area contributed by atoms with Crippen LogP contribution in [0.4, 0.5) is 0 Å². The number of rotatable bonds is 12. The average Bonchev–Trinajstić information content (AvgIpc) is 1.59. The third-order valence-corrected chi connectivity index (χ3v) is 28.2. The van der Waals surface area contributed by atoms with E-state index in [0.717, 1.165) is 134 Å². The van der Waals surface area contributed by atoms with Crippen LogP contribution in [0.1, 0.15) is 74.9 Å². The Morgan fingerprint density at radius 3 is 1.01 bits per heavy atom. The van der Waals surface area contributed by atoms with E-state index < -0.39 is 0 Å². The van der Waals surface area contributed by atoms with Crippen molar-refractivity contribution in [3.63, 3.8) is 0 Å². The molecular weight excluding hydrogens is 1690 g/mol. The van der Waals surface area contributed by atoms with E-state index in [-0.39, 0.29) is 16.2 Å². The highest BCUT2D eigenvalue weighted by Crippen LogP contribution is 2.56. The van der Waals surface area contributed by atoms with Gasteiger partial charge in [0.2, 0.25) is 0 Å². The summed E-state index contributed by atoms with van der Waals surface area (Å²) in [6.07, 6.45) is 9.46. The Morgan fingerprint density at radius 2 is 0.522 bits per heavy atom. The van der Waals surface area contributed by atoms with Gasteiger partial charge in [0.15, 0.2) is 40.8 Å². The Bertz CT molecular complexity index is 8460. The van der Waals surface area contributed by atoms with Gasteiger partial charge in [-0.05, 0) is 176 Å². The van der Waals surface area contributed by atoms with Gasteiger partial charge in [0.1, 0.15) is 5.65 Å². The molecule has 654 valence electrons. The van der Waals surface area contributed by atoms with Gasteiger partial charge in [-0.1, -0.05) is 327 Å². The van der Waals surface area contributed by atoms with E-state index in [9.17, 15) is 0 Å². The Morgan fingerprint density at radius 1 is 0.203 bits per heavy atom. The predicted octanol–water partition coefficient (Wildman–Crippen LogP) is 29.6. The van der Waals surface area contributed by atoms with E-state index in [2.05, 4.69) is 411 Å². The van der Waals surface area contributed by atoms with Crippen LogP contribution in [-0.4, -0.2) is 68.5 Å². The monoisotopic (exact) mass is 1770 g/mol. The second-order valence-electron chi connectivity index (χ2n) is 37.2. The first-order valence-corrected chi connectivity index (χ1v) is 46.9. The smallest absolute Gasteiger partial charge is 0.164 e. The van der Waals surface area contributed by atoms with Crippen LogP contribution in [0.5, 0.6) is 0 Å². The van der Waals surface area contributed by atoms with Gasteiger partial charge in [-0.25, -0.2) is 44.9 Å². The Labute approximate surface area is 797 Å². The minimum absolute atomic E-state index is 0.114. The molecule has 24 aromatic rings. The number of nitrogens with zero attached hydrogens (tertiary/aromatic N) is 14. The van der Waals surface area contributed by atoms with Crippen molar-refractivity contribution in [3.05, 3.63) is 459 Å². The number of hydrogen-bond donors (Lipinski definition) is 0. The third-order valence-electron chi connectivity index (χ3n) is 28.2. The van der Waals surface area contributed by atoms with Crippen molar-refractivity contribution in [1.82, 2.24) is 68.5 Å². The van der Waals surface area contributed by atoms with Gasteiger partial charge in [0, 0.05) is 147 Å². The maximum absolute atomic E-state index is 5.27. The highest BCUT2D eigenvalue weighted by molar-refractivity contribution is 6.11. The summed E-state index contributed by atoms with van der Waals surface area (Å²) >= 11 is 0. The largest absolute Gasteiger partial charge is 0.309 e. The molecule has 0 bridgehead atoms. The van der Waals surface area contributed by atoms with Crippen LogP contribution < -0.4 is 0 Å². The normalized spacial score (nSPS) is 13.2. The topological polar surface area (TPSA) is 157 Å². The standard InChI is InChI=1S/C42H30N4.2C41H29N5/c1-42(2)35-17-8-6-13-30(35)32-15-10-16-33(40(32)42)41-44-36(27-11-4-3-5-12-27)25-37(45-41)28-19-21-29(22-20-28)46-38-18-9-7-14-31(38)34-26-43-24-23-39(34)46;1-41(2)33-18-8-6-15-31(33)36-32(16-10-19-34(36)41)39-44-37(26-12-4-3-5-13-26)43-38(45-39)27-21-23-28(24-22-27)46-35-20-9-7-14-29(35)30-17-11-25-42-40(30)46;1-41(2)34-17-8-6-13-29(34)31-15-10-16-32(37(31)41)40-44-38(26-11-4-3-5-12-26)43-39(45-40)27-19-21-28(22-20-27)46-35-18-9-7-14-30(35)33-25-42-24-23-36(33)46/h3-26H,1-2H3;2*3-25H,1-2H3. The van der Waals surface area contributed by atoms with Gasteiger partial charge in [-0.3, -0.25) is 14.5 Å². The minimum Gasteiger partial charge on any atom is -0.309 e. The summed E-state index contributed by atoms with van der Waals surface area (Å²) in [5.41, 5.74) is 35.5. The quantitative estimate of drug-likeness (QED) is 0.115. The molecular formula is C124H88N14. The molecule has 14 heteroatoms. The van der Waals surface area contributed by atoms with E-state index in [1.54, 1.807) is 0 Å². The predicted molar refractivity (Wildman–Crippen MR) is 560 cm³/mol. The lowest BCUT2D eigenvalue weighted by atomic mass is 9.80. The molecule has 27 rings (SSSR count). The minimum atomic E-state index is -0.193. The summed E-state index contributed by atoms with van der Waals surface area (Å²) in [7, 11) is 0. The fourth-order valence-corrected chi connectivity index (χ4v) is 21.7. The first-order chi connectivity index (χ1) is 67.7. The molecule has 138 heavy (non-hydrogen) atoms. The van der Waals surface area contributed by atoms with Crippen molar-refractivity contribution < 1.29 is 0 Å². The van der Waals surface area contributed by atoms with Crippen LogP contribution in [0.2, 0.25) is 0 Å². The summed E-state index contributed by atoms with van der Waals surface area (Å²) in [6, 6.07) is 138. The second-order valence-corrected chi connectivity index (χ2v) is 37.2. The molecule has 0 saturated carbocycles. The zero-order chi connectivity index (χ0) is 92.5. The Hall–Kier alpha value is -17.8. The van der Waals surface area contributed by atoms with Gasteiger partial charge in [-0.2, -0.15) is 0 Å². The summed E-state index contributed by atoms with van der Waals surface area (Å²) in [4.78, 5) is 54.6. The highest BCUT2D eigenvalue weighted by atomic mass is 15.1. The molecule has 9 heterocycles. The fraction of sp³-hybridized carbons (Fsp3) is 0.0726. The van der Waals surface area contributed by atoms with Crippen LogP contribution in [-0.2, 0) is 16.2 Å². The van der Waals surface area contributed by atoms with Gasteiger partial charge in [-0.15, -0.1) is 0 Å². The van der Waals surface area contributed by atoms with Gasteiger partial charge in [0.05, 0.1) is 39.0 Å². The number of benzene rings is 15. The molecule has 0 amide bonds. The van der Waals surface area contributed by atoms with Gasteiger partial charge >= 0.3 is 0 Å². The number of fused-ring (bicyclic) bond motifs is 18. The van der Waals surface area contributed by atoms with E-state index in [1.807, 2.05) is 79.5 Å². The molecule has 14 nitrogen and oxygen atoms in total. The third kappa shape index (κ3) is 13.6. The molecule has 15 aromatic carbocycles.